The lowest BCUT2D eigenvalue weighted by Gasteiger charge is -2.25. The highest BCUT2D eigenvalue weighted by Crippen LogP contribution is 2.26. The third kappa shape index (κ3) is 3.12. The van der Waals surface area contributed by atoms with Crippen molar-refractivity contribution in [2.45, 2.75) is 45.7 Å². The average molecular weight is 228 g/mol. The van der Waals surface area contributed by atoms with Crippen molar-refractivity contribution in [3.05, 3.63) is 0 Å². The molecule has 1 aliphatic carbocycles. The van der Waals surface area contributed by atoms with Crippen molar-refractivity contribution in [3.63, 3.8) is 0 Å². The van der Waals surface area contributed by atoms with E-state index in [4.69, 9.17) is 5.11 Å². The molecule has 2 N–H and O–H groups in total. The molecule has 0 saturated heterocycles. The maximum Gasteiger partial charge on any atom is 0.326 e. The molecule has 5 heteroatoms. The normalized spacial score (nSPS) is 17.0. The van der Waals surface area contributed by atoms with Gasteiger partial charge < -0.3 is 15.3 Å². The summed E-state index contributed by atoms with van der Waals surface area (Å²) in [5.41, 5.74) is 0. The fourth-order valence-corrected chi connectivity index (χ4v) is 1.68. The van der Waals surface area contributed by atoms with Crippen LogP contribution in [-0.2, 0) is 4.79 Å². The number of aliphatic carboxylic acids is 1. The Morgan fingerprint density at radius 3 is 2.31 bits per heavy atom. The predicted molar refractivity (Wildman–Crippen MR) is 60.2 cm³/mol. The van der Waals surface area contributed by atoms with Gasteiger partial charge >= 0.3 is 12.0 Å². The number of carbonyl (C=O) groups is 2. The number of urea groups is 1. The fourth-order valence-electron chi connectivity index (χ4n) is 1.68. The molecular weight excluding hydrogens is 208 g/mol. The first kappa shape index (κ1) is 12.8. The Morgan fingerprint density at radius 2 is 2.00 bits per heavy atom. The number of carboxylic acid groups (broad SMARTS) is 1. The number of carboxylic acids is 1. The van der Waals surface area contributed by atoms with Crippen LogP contribution in [0.3, 0.4) is 0 Å². The maximum atomic E-state index is 11.8. The van der Waals surface area contributed by atoms with Gasteiger partial charge in [-0.25, -0.2) is 9.59 Å². The first-order valence-electron chi connectivity index (χ1n) is 5.77. The van der Waals surface area contributed by atoms with Gasteiger partial charge in [0.2, 0.25) is 0 Å². The quantitative estimate of drug-likeness (QED) is 0.745. The summed E-state index contributed by atoms with van der Waals surface area (Å²) < 4.78 is 0. The van der Waals surface area contributed by atoms with Crippen molar-refractivity contribution in [2.75, 3.05) is 6.54 Å². The van der Waals surface area contributed by atoms with Gasteiger partial charge in [0.05, 0.1) is 0 Å². The second-order valence-corrected chi connectivity index (χ2v) is 4.53. The van der Waals surface area contributed by atoms with Crippen molar-refractivity contribution >= 4 is 12.0 Å². The Labute approximate surface area is 95.8 Å². The third-order valence-electron chi connectivity index (χ3n) is 2.80. The summed E-state index contributed by atoms with van der Waals surface area (Å²) in [4.78, 5) is 24.5. The zero-order valence-corrected chi connectivity index (χ0v) is 10.1. The van der Waals surface area contributed by atoms with Crippen LogP contribution >= 0.6 is 0 Å². The van der Waals surface area contributed by atoms with E-state index in [1.807, 2.05) is 6.92 Å². The van der Waals surface area contributed by atoms with Crippen LogP contribution in [0.5, 0.6) is 0 Å². The van der Waals surface area contributed by atoms with E-state index in [2.05, 4.69) is 5.32 Å². The molecule has 0 aromatic carbocycles. The first-order valence-corrected chi connectivity index (χ1v) is 5.77. The predicted octanol–water partition coefficient (Wildman–Crippen LogP) is 1.29. The van der Waals surface area contributed by atoms with Gasteiger partial charge in [0.25, 0.3) is 0 Å². The molecule has 0 aromatic heterocycles. The van der Waals surface area contributed by atoms with Crippen LogP contribution in [0.1, 0.15) is 33.6 Å². The molecule has 1 saturated carbocycles. The van der Waals surface area contributed by atoms with Crippen LogP contribution in [0.4, 0.5) is 4.79 Å². The third-order valence-corrected chi connectivity index (χ3v) is 2.80. The molecule has 2 amide bonds. The smallest absolute Gasteiger partial charge is 0.326 e. The molecule has 0 aromatic rings. The van der Waals surface area contributed by atoms with Crippen LogP contribution in [0.15, 0.2) is 0 Å². The minimum Gasteiger partial charge on any atom is -0.480 e. The molecule has 0 aliphatic heterocycles. The van der Waals surface area contributed by atoms with E-state index in [1.165, 1.54) is 0 Å². The lowest BCUT2D eigenvalue weighted by Crippen LogP contribution is -2.50. The highest BCUT2D eigenvalue weighted by molar-refractivity contribution is 5.83. The summed E-state index contributed by atoms with van der Waals surface area (Å²) in [5.74, 6) is -1.09. The molecule has 16 heavy (non-hydrogen) atoms. The monoisotopic (exact) mass is 228 g/mol. The largest absolute Gasteiger partial charge is 0.480 e. The molecule has 92 valence electrons. The second-order valence-electron chi connectivity index (χ2n) is 4.53. The van der Waals surface area contributed by atoms with Gasteiger partial charge in [-0.3, -0.25) is 0 Å². The SMILES string of the molecule is CCN(C(=O)N[C@H](C(=O)O)C(C)C)C1CC1. The van der Waals surface area contributed by atoms with Gasteiger partial charge in [0.15, 0.2) is 0 Å². The minimum atomic E-state index is -0.977. The molecule has 0 unspecified atom stereocenters. The molecule has 5 nitrogen and oxygen atoms in total. The summed E-state index contributed by atoms with van der Waals surface area (Å²) in [6, 6.07) is -0.752. The molecule has 0 heterocycles. The number of nitrogens with zero attached hydrogens (tertiary/aromatic N) is 1. The Bertz CT molecular complexity index is 274. The highest BCUT2D eigenvalue weighted by atomic mass is 16.4. The topological polar surface area (TPSA) is 69.6 Å². The molecule has 0 radical (unpaired) electrons. The van der Waals surface area contributed by atoms with Gasteiger partial charge in [-0.05, 0) is 25.7 Å². The Kier molecular flexibility index (Phi) is 4.15. The van der Waals surface area contributed by atoms with Crippen molar-refractivity contribution in [1.82, 2.24) is 10.2 Å². The molecule has 1 atom stereocenters. The Balaban J connectivity index is 2.56. The summed E-state index contributed by atoms with van der Waals surface area (Å²) in [6.45, 7) is 6.10. The molecule has 0 bridgehead atoms. The van der Waals surface area contributed by atoms with Crippen LogP contribution < -0.4 is 5.32 Å². The van der Waals surface area contributed by atoms with Gasteiger partial charge in [-0.2, -0.15) is 0 Å². The van der Waals surface area contributed by atoms with Crippen molar-refractivity contribution < 1.29 is 14.7 Å². The number of carbonyl (C=O) groups excluding carboxylic acids is 1. The summed E-state index contributed by atoms with van der Waals surface area (Å²) in [6.07, 6.45) is 2.06. The van der Waals surface area contributed by atoms with Gasteiger partial charge in [-0.1, -0.05) is 13.8 Å². The van der Waals surface area contributed by atoms with Crippen molar-refractivity contribution in [1.29, 1.82) is 0 Å². The highest BCUT2D eigenvalue weighted by Gasteiger charge is 2.33. The molecule has 1 aliphatic rings. The van der Waals surface area contributed by atoms with E-state index in [9.17, 15) is 9.59 Å². The first-order chi connectivity index (χ1) is 7.47. The summed E-state index contributed by atoms with van der Waals surface area (Å²) in [5, 5.41) is 11.5. The van der Waals surface area contributed by atoms with E-state index in [1.54, 1.807) is 18.7 Å². The molecule has 1 fully saturated rings. The number of amides is 2. The van der Waals surface area contributed by atoms with E-state index >= 15 is 0 Å². The van der Waals surface area contributed by atoms with Crippen LogP contribution in [0.25, 0.3) is 0 Å². The fraction of sp³-hybridized carbons (Fsp3) is 0.818. The summed E-state index contributed by atoms with van der Waals surface area (Å²) >= 11 is 0. The zero-order chi connectivity index (χ0) is 12.3. The lowest BCUT2D eigenvalue weighted by molar-refractivity contribution is -0.140. The zero-order valence-electron chi connectivity index (χ0n) is 10.1. The maximum absolute atomic E-state index is 11.8. The van der Waals surface area contributed by atoms with Crippen LogP contribution in [-0.4, -0.2) is 40.6 Å². The van der Waals surface area contributed by atoms with E-state index < -0.39 is 12.0 Å². The standard InChI is InChI=1S/C11H20N2O3/c1-4-13(8-5-6-8)11(16)12-9(7(2)3)10(14)15/h7-9H,4-6H2,1-3H3,(H,12,16)(H,14,15)/t9-/m0/s1. The molecule has 1 rings (SSSR count). The van der Waals surface area contributed by atoms with Crippen LogP contribution in [0, 0.1) is 5.92 Å². The van der Waals surface area contributed by atoms with Crippen molar-refractivity contribution in [2.24, 2.45) is 5.92 Å². The Morgan fingerprint density at radius 1 is 1.44 bits per heavy atom. The van der Waals surface area contributed by atoms with Gasteiger partial charge in [0, 0.05) is 12.6 Å². The van der Waals surface area contributed by atoms with E-state index in [0.717, 1.165) is 12.8 Å². The molecule has 0 spiro atoms. The number of hydrogen-bond donors (Lipinski definition) is 2. The van der Waals surface area contributed by atoms with E-state index in [0.29, 0.717) is 12.6 Å². The van der Waals surface area contributed by atoms with Gasteiger partial charge in [-0.15, -0.1) is 0 Å². The number of rotatable bonds is 5. The van der Waals surface area contributed by atoms with E-state index in [-0.39, 0.29) is 11.9 Å². The van der Waals surface area contributed by atoms with Crippen LogP contribution in [0.2, 0.25) is 0 Å². The Hall–Kier alpha value is -1.26. The van der Waals surface area contributed by atoms with Gasteiger partial charge in [0.1, 0.15) is 6.04 Å². The minimum absolute atomic E-state index is 0.112. The second kappa shape index (κ2) is 5.18. The molecular formula is C11H20N2O3. The average Bonchev–Trinajstić information content (AvgIpc) is 2.98. The lowest BCUT2D eigenvalue weighted by atomic mass is 10.1. The number of hydrogen-bond acceptors (Lipinski definition) is 2. The van der Waals surface area contributed by atoms with Crippen molar-refractivity contribution in [3.8, 4) is 0 Å². The summed E-state index contributed by atoms with van der Waals surface area (Å²) in [7, 11) is 0. The number of nitrogens with one attached hydrogen (secondary N) is 1.